The molecule has 2 heterocycles. The van der Waals surface area contributed by atoms with Gasteiger partial charge in [0, 0.05) is 24.2 Å². The van der Waals surface area contributed by atoms with Crippen LogP contribution >= 0.6 is 24.0 Å². The number of amidine groups is 1. The molecule has 0 saturated heterocycles. The number of aromatic nitrogens is 1. The number of ether oxygens (including phenoxy) is 1. The fourth-order valence-electron chi connectivity index (χ4n) is 6.04. The molecule has 5 rings (SSSR count). The topological polar surface area (TPSA) is 102 Å². The Bertz CT molecular complexity index is 1590. The van der Waals surface area contributed by atoms with Gasteiger partial charge in [0.05, 0.1) is 18.0 Å². The normalized spacial score (nSPS) is 16.1. The van der Waals surface area contributed by atoms with Crippen molar-refractivity contribution in [3.05, 3.63) is 70.6 Å². The van der Waals surface area contributed by atoms with Crippen molar-refractivity contribution in [1.29, 1.82) is 0 Å². The van der Waals surface area contributed by atoms with Crippen LogP contribution in [0.1, 0.15) is 86.9 Å². The summed E-state index contributed by atoms with van der Waals surface area (Å²) in [6.45, 7) is 8.96. The Kier molecular flexibility index (Phi) is 10.9. The molecule has 0 unspecified atom stereocenters. The number of nitrogens with zero attached hydrogens (tertiary/aromatic N) is 3. The molecule has 43 heavy (non-hydrogen) atoms. The Morgan fingerprint density at radius 1 is 1.05 bits per heavy atom. The van der Waals surface area contributed by atoms with E-state index in [2.05, 4.69) is 12.1 Å². The van der Waals surface area contributed by atoms with Crippen LogP contribution in [0.2, 0.25) is 0 Å². The number of aliphatic imine (C=N–C) groups is 1. The number of carbonyl (C=O) groups excluding carboxylic acids is 1. The highest BCUT2D eigenvalue weighted by Gasteiger charge is 2.49. The Morgan fingerprint density at radius 2 is 1.79 bits per heavy atom. The summed E-state index contributed by atoms with van der Waals surface area (Å²) >= 11 is 0. The van der Waals surface area contributed by atoms with Gasteiger partial charge in [-0.15, -0.1) is 24.0 Å². The van der Waals surface area contributed by atoms with E-state index in [1.54, 1.807) is 19.1 Å². The molecular weight excluding hydrogens is 677 g/mol. The lowest BCUT2D eigenvalue weighted by Crippen LogP contribution is -2.40. The van der Waals surface area contributed by atoms with E-state index in [-0.39, 0.29) is 40.5 Å². The molecule has 1 fully saturated rings. The molecular formula is C33H42IN3O5S. The average molecular weight is 720 g/mol. The highest BCUT2D eigenvalue weighted by atomic mass is 127. The largest absolute Gasteiger partial charge is 0.377 e. The first kappa shape index (κ1) is 33.3. The second-order valence-corrected chi connectivity index (χ2v) is 13.4. The van der Waals surface area contributed by atoms with E-state index >= 15 is 0 Å². The number of aryl methyl sites for hydroxylation is 1. The van der Waals surface area contributed by atoms with E-state index in [1.807, 2.05) is 49.1 Å². The summed E-state index contributed by atoms with van der Waals surface area (Å²) in [7, 11) is -3.74. The number of amides is 1. The van der Waals surface area contributed by atoms with E-state index in [0.29, 0.717) is 36.8 Å². The summed E-state index contributed by atoms with van der Waals surface area (Å²) < 4.78 is 38.4. The van der Waals surface area contributed by atoms with E-state index in [4.69, 9.17) is 14.3 Å². The Morgan fingerprint density at radius 3 is 2.47 bits per heavy atom. The molecule has 8 nitrogen and oxygen atoms in total. The molecule has 0 atom stereocenters. The Labute approximate surface area is 272 Å². The van der Waals surface area contributed by atoms with Crippen LogP contribution in [-0.2, 0) is 38.3 Å². The first-order valence-electron chi connectivity index (χ1n) is 15.0. The van der Waals surface area contributed by atoms with Gasteiger partial charge in [-0.05, 0) is 62.8 Å². The highest BCUT2D eigenvalue weighted by molar-refractivity contribution is 14.0. The minimum absolute atomic E-state index is 0. The molecule has 1 amide bonds. The van der Waals surface area contributed by atoms with Gasteiger partial charge in [0.25, 0.3) is 5.91 Å². The first-order chi connectivity index (χ1) is 20.2. The minimum atomic E-state index is -3.74. The molecule has 1 spiro atoms. The van der Waals surface area contributed by atoms with Gasteiger partial charge in [0.2, 0.25) is 0 Å². The quantitative estimate of drug-likeness (QED) is 0.182. The van der Waals surface area contributed by atoms with E-state index < -0.39 is 15.4 Å². The third kappa shape index (κ3) is 6.91. The lowest BCUT2D eigenvalue weighted by molar-refractivity contribution is -0.131. The number of carbonyl (C=O) groups is 1. The van der Waals surface area contributed by atoms with Crippen molar-refractivity contribution in [2.24, 2.45) is 4.99 Å². The zero-order valence-electron chi connectivity index (χ0n) is 25.5. The summed E-state index contributed by atoms with van der Waals surface area (Å²) in [6, 6.07) is 13.1. The van der Waals surface area contributed by atoms with Gasteiger partial charge < -0.3 is 9.26 Å². The molecule has 0 bridgehead atoms. The van der Waals surface area contributed by atoms with Crippen molar-refractivity contribution in [3.8, 4) is 11.1 Å². The summed E-state index contributed by atoms with van der Waals surface area (Å²) in [6.07, 6.45) is 6.55. The van der Waals surface area contributed by atoms with E-state index in [9.17, 15) is 13.2 Å². The molecule has 3 aromatic rings. The molecule has 10 heteroatoms. The lowest BCUT2D eigenvalue weighted by Gasteiger charge is -2.23. The number of sulfone groups is 1. The molecule has 0 radical (unpaired) electrons. The summed E-state index contributed by atoms with van der Waals surface area (Å²) in [4.78, 5) is 20.8. The summed E-state index contributed by atoms with van der Waals surface area (Å²) in [5.41, 5.74) is 3.84. The predicted molar refractivity (Wildman–Crippen MR) is 178 cm³/mol. The van der Waals surface area contributed by atoms with Gasteiger partial charge >= 0.3 is 0 Å². The number of hydrogen-bond donors (Lipinski definition) is 0. The molecule has 1 aliphatic heterocycles. The first-order valence-corrected chi connectivity index (χ1v) is 16.7. The SMILES string of the molecule is CCCCC1=NC2(CCCC2)C(=O)N1Cc1ccc(-c2ccccc2S(=O)(=O)Cc2noc(C)c2C)c(COCC)c1.I. The maximum atomic E-state index is 13.7. The van der Waals surface area contributed by atoms with Crippen molar-refractivity contribution < 1.29 is 22.5 Å². The van der Waals surface area contributed by atoms with E-state index in [0.717, 1.165) is 73.0 Å². The zero-order valence-corrected chi connectivity index (χ0v) is 28.7. The van der Waals surface area contributed by atoms with Crippen LogP contribution < -0.4 is 0 Å². The highest BCUT2D eigenvalue weighted by Crippen LogP contribution is 2.40. The molecule has 1 saturated carbocycles. The third-order valence-electron chi connectivity index (χ3n) is 8.55. The monoisotopic (exact) mass is 719 g/mol. The molecule has 0 N–H and O–H groups in total. The number of hydrogen-bond acceptors (Lipinski definition) is 7. The van der Waals surface area contributed by atoms with Gasteiger partial charge in [-0.2, -0.15) is 0 Å². The van der Waals surface area contributed by atoms with Crippen molar-refractivity contribution in [3.63, 3.8) is 0 Å². The lowest BCUT2D eigenvalue weighted by atomic mass is 9.96. The fourth-order valence-corrected chi connectivity index (χ4v) is 7.62. The maximum absolute atomic E-state index is 13.7. The third-order valence-corrected chi connectivity index (χ3v) is 10.2. The summed E-state index contributed by atoms with van der Waals surface area (Å²) in [5.74, 6) is 1.39. The Balaban J connectivity index is 0.00000423. The number of unbranched alkanes of at least 4 members (excludes halogenated alkanes) is 1. The number of benzene rings is 2. The second-order valence-electron chi connectivity index (χ2n) is 11.5. The summed E-state index contributed by atoms with van der Waals surface area (Å²) in [5, 5.41) is 3.99. The number of halogens is 1. The van der Waals surface area contributed by atoms with Crippen LogP contribution in [0.25, 0.3) is 11.1 Å². The molecule has 2 aromatic carbocycles. The molecule has 2 aliphatic rings. The fraction of sp³-hybridized carbons (Fsp3) is 0.485. The van der Waals surface area contributed by atoms with Gasteiger partial charge in [-0.1, -0.05) is 67.7 Å². The maximum Gasteiger partial charge on any atom is 0.256 e. The van der Waals surface area contributed by atoms with Crippen molar-refractivity contribution in [1.82, 2.24) is 10.1 Å². The van der Waals surface area contributed by atoms with Crippen molar-refractivity contribution in [2.75, 3.05) is 6.61 Å². The van der Waals surface area contributed by atoms with Crippen LogP contribution in [-0.4, -0.2) is 42.4 Å². The predicted octanol–water partition coefficient (Wildman–Crippen LogP) is 7.33. The van der Waals surface area contributed by atoms with E-state index in [1.165, 1.54) is 0 Å². The van der Waals surface area contributed by atoms with Gasteiger partial charge in [-0.3, -0.25) is 14.7 Å². The smallest absolute Gasteiger partial charge is 0.256 e. The van der Waals surface area contributed by atoms with Crippen LogP contribution in [0.5, 0.6) is 0 Å². The Hall–Kier alpha value is -2.57. The zero-order chi connectivity index (χ0) is 29.9. The van der Waals surface area contributed by atoms with Crippen molar-refractivity contribution in [2.45, 2.75) is 102 Å². The second kappa shape index (κ2) is 14.0. The van der Waals surface area contributed by atoms with Crippen LogP contribution in [0.4, 0.5) is 0 Å². The standard InChI is InChI=1S/C33H41N3O5S.HI/c1-5-7-14-31-34-33(17-10-11-18-33)32(37)36(31)20-25-15-16-27(26(19-25)21-40-6-2)28-12-8-9-13-30(28)42(38,39)22-29-23(3)24(4)41-35-29;/h8-9,12-13,15-16,19H,5-7,10-11,14,17-18,20-22H2,1-4H3;1H. The van der Waals surface area contributed by atoms with Crippen LogP contribution in [0.3, 0.4) is 0 Å². The number of rotatable bonds is 12. The van der Waals surface area contributed by atoms with Gasteiger partial charge in [0.15, 0.2) is 9.84 Å². The molecule has 1 aromatic heterocycles. The molecule has 1 aliphatic carbocycles. The minimum Gasteiger partial charge on any atom is -0.377 e. The average Bonchev–Trinajstić information content (AvgIpc) is 3.66. The van der Waals surface area contributed by atoms with Crippen LogP contribution in [0.15, 0.2) is 56.9 Å². The van der Waals surface area contributed by atoms with Crippen LogP contribution in [0, 0.1) is 13.8 Å². The van der Waals surface area contributed by atoms with Crippen molar-refractivity contribution >= 4 is 45.6 Å². The van der Waals surface area contributed by atoms with Gasteiger partial charge in [-0.25, -0.2) is 8.42 Å². The van der Waals surface area contributed by atoms with Gasteiger partial charge in [0.1, 0.15) is 28.6 Å². The molecule has 232 valence electrons.